The van der Waals surface area contributed by atoms with Gasteiger partial charge in [0.15, 0.2) is 0 Å². The van der Waals surface area contributed by atoms with E-state index in [-0.39, 0.29) is 12.3 Å². The minimum Gasteiger partial charge on any atom is -0.481 e. The van der Waals surface area contributed by atoms with Crippen molar-refractivity contribution in [2.24, 2.45) is 0 Å². The lowest BCUT2D eigenvalue weighted by Crippen LogP contribution is -2.25. The molecule has 142 valence electrons. The molecule has 0 saturated carbocycles. The largest absolute Gasteiger partial charge is 0.481 e. The van der Waals surface area contributed by atoms with Crippen LogP contribution in [0.3, 0.4) is 0 Å². The zero-order chi connectivity index (χ0) is 18.9. The predicted octanol–water partition coefficient (Wildman–Crippen LogP) is 5.42. The molecular weight excluding hydrogens is 366 g/mol. The fourth-order valence-corrected chi connectivity index (χ4v) is 4.57. The molecule has 1 N–H and O–H groups in total. The van der Waals surface area contributed by atoms with Crippen LogP contribution in [-0.2, 0) is 22.6 Å². The molecule has 0 unspecified atom stereocenters. The molecule has 0 atom stereocenters. The third-order valence-electron chi connectivity index (χ3n) is 4.29. The Balaban J connectivity index is 1.87. The second-order valence-corrected chi connectivity index (χ2v) is 8.55. The van der Waals surface area contributed by atoms with Crippen molar-refractivity contribution in [2.75, 3.05) is 7.05 Å². The molecule has 0 fully saturated rings. The number of rotatable bonds is 11. The maximum absolute atomic E-state index is 12.2. The minimum absolute atomic E-state index is 0.167. The number of aliphatic carboxylic acids is 1. The summed E-state index contributed by atoms with van der Waals surface area (Å²) in [4.78, 5) is 27.0. The first kappa shape index (κ1) is 20.6. The van der Waals surface area contributed by atoms with Crippen molar-refractivity contribution in [1.82, 2.24) is 4.90 Å². The van der Waals surface area contributed by atoms with Crippen LogP contribution in [0, 0.1) is 0 Å². The normalized spacial score (nSPS) is 10.8. The molecule has 0 aliphatic rings. The van der Waals surface area contributed by atoms with Crippen LogP contribution in [0.4, 0.5) is 0 Å². The first-order valence-electron chi connectivity index (χ1n) is 9.10. The zero-order valence-electron chi connectivity index (χ0n) is 15.5. The average molecular weight is 394 g/mol. The van der Waals surface area contributed by atoms with Crippen LogP contribution in [0.1, 0.15) is 55.2 Å². The van der Waals surface area contributed by atoms with E-state index in [0.717, 1.165) is 28.8 Å². The molecule has 0 aliphatic carbocycles. The molecular formula is C20H27NO3S2. The van der Waals surface area contributed by atoms with Crippen LogP contribution in [0.2, 0.25) is 0 Å². The summed E-state index contributed by atoms with van der Waals surface area (Å²) in [6.07, 6.45) is 5.85. The summed E-state index contributed by atoms with van der Waals surface area (Å²) in [7, 11) is 1.87. The molecule has 2 aromatic rings. The van der Waals surface area contributed by atoms with Crippen LogP contribution in [0.5, 0.6) is 0 Å². The second kappa shape index (κ2) is 10.5. The number of thiophene rings is 2. The topological polar surface area (TPSA) is 57.6 Å². The van der Waals surface area contributed by atoms with Gasteiger partial charge in [-0.15, -0.1) is 22.7 Å². The lowest BCUT2D eigenvalue weighted by Gasteiger charge is -2.16. The molecule has 0 bridgehead atoms. The summed E-state index contributed by atoms with van der Waals surface area (Å²) < 4.78 is 0. The monoisotopic (exact) mass is 393 g/mol. The minimum atomic E-state index is -0.764. The van der Waals surface area contributed by atoms with E-state index in [1.807, 2.05) is 11.9 Å². The molecule has 26 heavy (non-hydrogen) atoms. The quantitative estimate of drug-likeness (QED) is 0.518. The van der Waals surface area contributed by atoms with Crippen molar-refractivity contribution in [3.63, 3.8) is 0 Å². The Morgan fingerprint density at radius 3 is 2.31 bits per heavy atom. The van der Waals surface area contributed by atoms with Gasteiger partial charge in [-0.3, -0.25) is 9.59 Å². The first-order valence-corrected chi connectivity index (χ1v) is 10.9. The number of hydrogen-bond donors (Lipinski definition) is 1. The van der Waals surface area contributed by atoms with E-state index in [1.165, 1.54) is 17.7 Å². The van der Waals surface area contributed by atoms with Crippen LogP contribution < -0.4 is 0 Å². The summed E-state index contributed by atoms with van der Waals surface area (Å²) in [6, 6.07) is 4.20. The van der Waals surface area contributed by atoms with Gasteiger partial charge in [0.1, 0.15) is 0 Å². The van der Waals surface area contributed by atoms with Crippen LogP contribution in [-0.4, -0.2) is 28.9 Å². The lowest BCUT2D eigenvalue weighted by molar-refractivity contribution is -0.137. The van der Waals surface area contributed by atoms with Gasteiger partial charge in [-0.05, 0) is 46.9 Å². The zero-order valence-corrected chi connectivity index (χ0v) is 17.1. The number of aryl methyl sites for hydroxylation is 1. The van der Waals surface area contributed by atoms with Crippen molar-refractivity contribution in [2.45, 2.75) is 58.4 Å². The highest BCUT2D eigenvalue weighted by atomic mass is 32.1. The predicted molar refractivity (Wildman–Crippen MR) is 109 cm³/mol. The molecule has 4 nitrogen and oxygen atoms in total. The second-order valence-electron chi connectivity index (χ2n) is 6.56. The number of hydrogen-bond acceptors (Lipinski definition) is 4. The van der Waals surface area contributed by atoms with Crippen LogP contribution in [0.25, 0.3) is 11.1 Å². The number of carboxylic acid groups (broad SMARTS) is 1. The summed E-state index contributed by atoms with van der Waals surface area (Å²) >= 11 is 3.27. The van der Waals surface area contributed by atoms with Gasteiger partial charge in [0.25, 0.3) is 0 Å². The van der Waals surface area contributed by atoms with Crippen molar-refractivity contribution in [3.8, 4) is 11.1 Å². The molecule has 1 amide bonds. The van der Waals surface area contributed by atoms with Crippen LogP contribution >= 0.6 is 22.7 Å². The number of unbranched alkanes of at least 4 members (excludes halogenated alkanes) is 3. The van der Waals surface area contributed by atoms with E-state index in [1.54, 1.807) is 22.7 Å². The van der Waals surface area contributed by atoms with E-state index < -0.39 is 5.97 Å². The van der Waals surface area contributed by atoms with Crippen molar-refractivity contribution >= 4 is 34.6 Å². The summed E-state index contributed by atoms with van der Waals surface area (Å²) in [5, 5.41) is 13.0. The number of nitrogens with zero attached hydrogens (tertiary/aromatic N) is 1. The molecule has 0 aromatic carbocycles. The molecule has 0 saturated heterocycles. The van der Waals surface area contributed by atoms with Crippen LogP contribution in [0.15, 0.2) is 22.9 Å². The molecule has 0 spiro atoms. The Bertz CT molecular complexity index is 720. The lowest BCUT2D eigenvalue weighted by atomic mass is 10.1. The van der Waals surface area contributed by atoms with Gasteiger partial charge < -0.3 is 10.0 Å². The van der Waals surface area contributed by atoms with Gasteiger partial charge in [-0.2, -0.15) is 0 Å². The fraction of sp³-hybridized carbons (Fsp3) is 0.500. The number of amides is 1. The molecule has 0 radical (unpaired) electrons. The molecule has 2 rings (SSSR count). The molecule has 6 heteroatoms. The highest BCUT2D eigenvalue weighted by molar-refractivity contribution is 7.11. The van der Waals surface area contributed by atoms with Crippen molar-refractivity contribution in [3.05, 3.63) is 32.6 Å². The first-order chi connectivity index (χ1) is 12.5. The van der Waals surface area contributed by atoms with Gasteiger partial charge in [0, 0.05) is 23.2 Å². The fourth-order valence-electron chi connectivity index (χ4n) is 2.72. The van der Waals surface area contributed by atoms with Gasteiger partial charge in [-0.25, -0.2) is 0 Å². The number of carboxylic acids is 1. The summed E-state index contributed by atoms with van der Waals surface area (Å²) in [5.74, 6) is -0.553. The highest BCUT2D eigenvalue weighted by Gasteiger charge is 2.12. The average Bonchev–Trinajstić information content (AvgIpc) is 3.25. The Labute approximate surface area is 163 Å². The third-order valence-corrected chi connectivity index (χ3v) is 6.21. The van der Waals surface area contributed by atoms with Gasteiger partial charge in [0.2, 0.25) is 5.91 Å². The Morgan fingerprint density at radius 2 is 1.65 bits per heavy atom. The van der Waals surface area contributed by atoms with Crippen molar-refractivity contribution in [1.29, 1.82) is 0 Å². The smallest absolute Gasteiger partial charge is 0.303 e. The third kappa shape index (κ3) is 6.57. The molecule has 2 heterocycles. The molecule has 2 aromatic heterocycles. The number of carbonyl (C=O) groups excluding carboxylic acids is 1. The SMILES string of the molecule is CCCCCCC(=O)N(C)Cc1cc(-c2csc(CCC(=O)O)c2)cs1. The van der Waals surface area contributed by atoms with E-state index in [2.05, 4.69) is 29.8 Å². The summed E-state index contributed by atoms with van der Waals surface area (Å²) in [6.45, 7) is 2.82. The number of carbonyl (C=O) groups is 2. The van der Waals surface area contributed by atoms with Crippen molar-refractivity contribution < 1.29 is 14.7 Å². The standard InChI is InChI=1S/C20H27NO3S2/c1-3-4-5-6-7-19(22)21(2)12-18-11-16(14-26-18)15-10-17(25-13-15)8-9-20(23)24/h10-11,13-14H,3-9,12H2,1-2H3,(H,23,24). The Morgan fingerprint density at radius 1 is 1.00 bits per heavy atom. The van der Waals surface area contributed by atoms with Gasteiger partial charge in [0.05, 0.1) is 13.0 Å². The maximum atomic E-state index is 12.2. The van der Waals surface area contributed by atoms with E-state index >= 15 is 0 Å². The van der Waals surface area contributed by atoms with Gasteiger partial charge in [-0.1, -0.05) is 26.2 Å². The van der Waals surface area contributed by atoms with E-state index in [9.17, 15) is 9.59 Å². The van der Waals surface area contributed by atoms with Gasteiger partial charge >= 0.3 is 5.97 Å². The molecule has 0 aliphatic heterocycles. The maximum Gasteiger partial charge on any atom is 0.303 e. The van der Waals surface area contributed by atoms with E-state index in [0.29, 0.717) is 19.4 Å². The Kier molecular flexibility index (Phi) is 8.32. The summed E-state index contributed by atoms with van der Waals surface area (Å²) in [5.41, 5.74) is 2.28. The van der Waals surface area contributed by atoms with E-state index in [4.69, 9.17) is 5.11 Å². The Hall–Kier alpha value is -1.66. The highest BCUT2D eigenvalue weighted by Crippen LogP contribution is 2.30.